The summed E-state index contributed by atoms with van der Waals surface area (Å²) in [5.74, 6) is 0.786. The van der Waals surface area contributed by atoms with Crippen LogP contribution in [0.5, 0.6) is 0 Å². The van der Waals surface area contributed by atoms with Crippen LogP contribution < -0.4 is 5.73 Å². The van der Waals surface area contributed by atoms with Gasteiger partial charge in [0.2, 0.25) is 0 Å². The summed E-state index contributed by atoms with van der Waals surface area (Å²) in [6.45, 7) is 6.61. The third-order valence-electron chi connectivity index (χ3n) is 4.35. The number of tetrazole rings is 1. The average molecular weight is 271 g/mol. The Morgan fingerprint density at radius 2 is 2.15 bits per heavy atom. The van der Waals surface area contributed by atoms with Crippen molar-refractivity contribution in [1.29, 1.82) is 0 Å². The van der Waals surface area contributed by atoms with Crippen LogP contribution in [0.15, 0.2) is 18.2 Å². The van der Waals surface area contributed by atoms with E-state index in [-0.39, 0.29) is 0 Å². The Bertz CT molecular complexity index is 629. The van der Waals surface area contributed by atoms with Crippen molar-refractivity contribution in [1.82, 2.24) is 20.2 Å². The molecule has 5 nitrogen and oxygen atoms in total. The molecule has 1 atom stereocenters. The first-order chi connectivity index (χ1) is 9.48. The fourth-order valence-corrected chi connectivity index (χ4v) is 3.10. The Balaban J connectivity index is 2.01. The maximum absolute atomic E-state index is 6.19. The summed E-state index contributed by atoms with van der Waals surface area (Å²) < 4.78 is 1.96. The lowest BCUT2D eigenvalue weighted by molar-refractivity contribution is 0.349. The second-order valence-corrected chi connectivity index (χ2v) is 6.54. The minimum atomic E-state index is 0.367. The average Bonchev–Trinajstić information content (AvgIpc) is 2.99. The van der Waals surface area contributed by atoms with Gasteiger partial charge in [0, 0.05) is 11.3 Å². The van der Waals surface area contributed by atoms with E-state index in [9.17, 15) is 0 Å². The molecule has 0 radical (unpaired) electrons. The second-order valence-electron chi connectivity index (χ2n) is 6.54. The number of aromatic nitrogens is 4. The number of nitrogen functional groups attached to an aromatic ring is 1. The summed E-state index contributed by atoms with van der Waals surface area (Å²) in [4.78, 5) is 0. The second kappa shape index (κ2) is 4.58. The van der Waals surface area contributed by atoms with Crippen molar-refractivity contribution in [3.05, 3.63) is 23.8 Å². The molecule has 1 saturated carbocycles. The molecule has 0 aliphatic heterocycles. The van der Waals surface area contributed by atoms with Gasteiger partial charge in [0.1, 0.15) is 0 Å². The highest BCUT2D eigenvalue weighted by Gasteiger charge is 2.34. The van der Waals surface area contributed by atoms with Gasteiger partial charge < -0.3 is 5.73 Å². The summed E-state index contributed by atoms with van der Waals surface area (Å²) >= 11 is 0. The molecule has 1 aromatic carbocycles. The molecule has 106 valence electrons. The van der Waals surface area contributed by atoms with Gasteiger partial charge in [-0.15, -0.1) is 5.10 Å². The van der Waals surface area contributed by atoms with E-state index in [0.29, 0.717) is 11.5 Å². The van der Waals surface area contributed by atoms with E-state index in [1.165, 1.54) is 6.42 Å². The van der Waals surface area contributed by atoms with Crippen molar-refractivity contribution >= 4 is 5.69 Å². The normalized spacial score (nSPS) is 21.2. The highest BCUT2D eigenvalue weighted by Crippen LogP contribution is 2.44. The van der Waals surface area contributed by atoms with Crippen molar-refractivity contribution in [3.63, 3.8) is 0 Å². The number of nitrogens with two attached hydrogens (primary N) is 1. The van der Waals surface area contributed by atoms with Crippen molar-refractivity contribution in [2.75, 3.05) is 5.73 Å². The molecule has 0 amide bonds. The fourth-order valence-electron chi connectivity index (χ4n) is 3.10. The predicted octanol–water partition coefficient (Wildman–Crippen LogP) is 2.98. The SMILES string of the molecule is Cc1cccc(-c2nnnn2C2CCC(C)(C)C2)c1N. The van der Waals surface area contributed by atoms with E-state index in [1.54, 1.807) is 0 Å². The van der Waals surface area contributed by atoms with E-state index in [0.717, 1.165) is 35.5 Å². The Kier molecular flexibility index (Phi) is 3.00. The quantitative estimate of drug-likeness (QED) is 0.852. The third kappa shape index (κ3) is 2.17. The molecule has 1 aliphatic rings. The first-order valence-corrected chi connectivity index (χ1v) is 7.11. The summed E-state index contributed by atoms with van der Waals surface area (Å²) in [5, 5.41) is 12.3. The van der Waals surface area contributed by atoms with Gasteiger partial charge in [0.15, 0.2) is 5.82 Å². The third-order valence-corrected chi connectivity index (χ3v) is 4.35. The van der Waals surface area contributed by atoms with Crippen molar-refractivity contribution < 1.29 is 0 Å². The molecule has 1 aromatic heterocycles. The van der Waals surface area contributed by atoms with Gasteiger partial charge in [-0.1, -0.05) is 26.0 Å². The highest BCUT2D eigenvalue weighted by atomic mass is 15.5. The van der Waals surface area contributed by atoms with E-state index >= 15 is 0 Å². The summed E-state index contributed by atoms with van der Waals surface area (Å²) in [6.07, 6.45) is 3.44. The predicted molar refractivity (Wildman–Crippen MR) is 79.1 cm³/mol. The number of nitrogens with zero attached hydrogens (tertiary/aromatic N) is 4. The number of rotatable bonds is 2. The maximum Gasteiger partial charge on any atom is 0.184 e. The molecule has 1 unspecified atom stereocenters. The van der Waals surface area contributed by atoms with Crippen molar-refractivity contribution in [3.8, 4) is 11.4 Å². The van der Waals surface area contributed by atoms with Crippen LogP contribution in [0, 0.1) is 12.3 Å². The topological polar surface area (TPSA) is 69.6 Å². The zero-order valence-electron chi connectivity index (χ0n) is 12.3. The fraction of sp³-hybridized carbons (Fsp3) is 0.533. The Morgan fingerprint density at radius 3 is 2.85 bits per heavy atom. The molecule has 0 spiro atoms. The molecule has 20 heavy (non-hydrogen) atoms. The first-order valence-electron chi connectivity index (χ1n) is 7.11. The molecule has 1 fully saturated rings. The van der Waals surface area contributed by atoms with Crippen LogP contribution in [0.1, 0.15) is 44.7 Å². The molecule has 2 aromatic rings. The monoisotopic (exact) mass is 271 g/mol. The van der Waals surface area contributed by atoms with E-state index in [4.69, 9.17) is 5.73 Å². The molecule has 3 rings (SSSR count). The minimum absolute atomic E-state index is 0.367. The van der Waals surface area contributed by atoms with E-state index in [1.807, 2.05) is 29.8 Å². The molecule has 2 N–H and O–H groups in total. The number of hydrogen-bond acceptors (Lipinski definition) is 4. The first kappa shape index (κ1) is 13.1. The van der Waals surface area contributed by atoms with Crippen LogP contribution >= 0.6 is 0 Å². The minimum Gasteiger partial charge on any atom is -0.398 e. The lowest BCUT2D eigenvalue weighted by atomic mass is 9.92. The van der Waals surface area contributed by atoms with Gasteiger partial charge in [0.05, 0.1) is 6.04 Å². The maximum atomic E-state index is 6.19. The Morgan fingerprint density at radius 1 is 1.35 bits per heavy atom. The van der Waals surface area contributed by atoms with Crippen LogP contribution in [0.25, 0.3) is 11.4 Å². The molecule has 0 bridgehead atoms. The number of para-hydroxylation sites is 1. The van der Waals surface area contributed by atoms with E-state index < -0.39 is 0 Å². The summed E-state index contributed by atoms with van der Waals surface area (Å²) in [5.41, 5.74) is 9.31. The van der Waals surface area contributed by atoms with Gasteiger partial charge >= 0.3 is 0 Å². The number of anilines is 1. The zero-order chi connectivity index (χ0) is 14.3. The molecule has 1 aliphatic carbocycles. The smallest absolute Gasteiger partial charge is 0.184 e. The van der Waals surface area contributed by atoms with Crippen LogP contribution in [0.3, 0.4) is 0 Å². The van der Waals surface area contributed by atoms with Crippen LogP contribution in [0.2, 0.25) is 0 Å². The summed E-state index contributed by atoms with van der Waals surface area (Å²) in [6, 6.07) is 6.37. The lowest BCUT2D eigenvalue weighted by Gasteiger charge is -2.18. The molecular weight excluding hydrogens is 250 g/mol. The Labute approximate surface area is 119 Å². The van der Waals surface area contributed by atoms with E-state index in [2.05, 4.69) is 29.4 Å². The molecule has 5 heteroatoms. The van der Waals surface area contributed by atoms with Crippen LogP contribution in [0.4, 0.5) is 5.69 Å². The Hall–Kier alpha value is -1.91. The van der Waals surface area contributed by atoms with Crippen molar-refractivity contribution in [2.24, 2.45) is 5.41 Å². The van der Waals surface area contributed by atoms with Crippen LogP contribution in [-0.4, -0.2) is 20.2 Å². The zero-order valence-corrected chi connectivity index (χ0v) is 12.3. The largest absolute Gasteiger partial charge is 0.398 e. The van der Waals surface area contributed by atoms with Gasteiger partial charge in [-0.05, 0) is 53.7 Å². The van der Waals surface area contributed by atoms with Gasteiger partial charge in [0.25, 0.3) is 0 Å². The highest BCUT2D eigenvalue weighted by molar-refractivity contribution is 5.74. The summed E-state index contributed by atoms with van der Waals surface area (Å²) in [7, 11) is 0. The molecule has 1 heterocycles. The standard InChI is InChI=1S/C15H21N5/c1-10-5-4-6-12(13(10)16)14-17-18-19-20(14)11-7-8-15(2,3)9-11/h4-6,11H,7-9,16H2,1-3H3. The lowest BCUT2D eigenvalue weighted by Crippen LogP contribution is -2.12. The number of benzene rings is 1. The van der Waals surface area contributed by atoms with Crippen molar-refractivity contribution in [2.45, 2.75) is 46.1 Å². The number of hydrogen-bond donors (Lipinski definition) is 1. The molecule has 0 saturated heterocycles. The number of aryl methyl sites for hydroxylation is 1. The van der Waals surface area contributed by atoms with Crippen LogP contribution in [-0.2, 0) is 0 Å². The molecular formula is C15H21N5. The van der Waals surface area contributed by atoms with Gasteiger partial charge in [-0.25, -0.2) is 4.68 Å². The van der Waals surface area contributed by atoms with Gasteiger partial charge in [-0.2, -0.15) is 0 Å². The van der Waals surface area contributed by atoms with Gasteiger partial charge in [-0.3, -0.25) is 0 Å².